The number of likely N-dealkylation sites (N-methyl/N-ethyl adjacent to an activating group) is 1. The molecule has 110 valence electrons. The summed E-state index contributed by atoms with van der Waals surface area (Å²) in [6, 6.07) is 0.0101. The maximum absolute atomic E-state index is 5.86. The highest BCUT2D eigenvalue weighted by Crippen LogP contribution is 2.35. The molecule has 5 nitrogen and oxygen atoms in total. The summed E-state index contributed by atoms with van der Waals surface area (Å²) >= 11 is 3.60. The van der Waals surface area contributed by atoms with E-state index >= 15 is 0 Å². The molecule has 0 radical (unpaired) electrons. The van der Waals surface area contributed by atoms with Crippen molar-refractivity contribution in [3.05, 3.63) is 16.4 Å². The Hall–Kier alpha value is -0.430. The van der Waals surface area contributed by atoms with Gasteiger partial charge in [0, 0.05) is 12.1 Å². The van der Waals surface area contributed by atoms with Crippen LogP contribution in [0.2, 0.25) is 0 Å². The van der Waals surface area contributed by atoms with Crippen molar-refractivity contribution in [2.75, 3.05) is 14.1 Å². The van der Waals surface area contributed by atoms with Gasteiger partial charge < -0.3 is 4.90 Å². The number of hydrogen-bond acceptors (Lipinski definition) is 4. The zero-order valence-electron chi connectivity index (χ0n) is 12.6. The molecular weight excluding hydrogens is 306 g/mol. The fourth-order valence-electron chi connectivity index (χ4n) is 2.38. The van der Waals surface area contributed by atoms with Crippen LogP contribution in [0.1, 0.15) is 45.3 Å². The van der Waals surface area contributed by atoms with Crippen molar-refractivity contribution in [2.45, 2.75) is 51.7 Å². The molecule has 1 aromatic rings. The number of rotatable bonds is 7. The second kappa shape index (κ2) is 6.83. The summed E-state index contributed by atoms with van der Waals surface area (Å²) in [6.45, 7) is 7.44. The van der Waals surface area contributed by atoms with E-state index in [-0.39, 0.29) is 11.6 Å². The quantitative estimate of drug-likeness (QED) is 0.594. The molecule has 0 aromatic carbocycles. The summed E-state index contributed by atoms with van der Waals surface area (Å²) in [5.74, 6) is 5.86. The minimum Gasteiger partial charge on any atom is -0.302 e. The Balaban J connectivity index is 3.26. The van der Waals surface area contributed by atoms with Crippen molar-refractivity contribution in [3.8, 4) is 0 Å². The van der Waals surface area contributed by atoms with E-state index in [9.17, 15) is 0 Å². The number of aryl methyl sites for hydroxylation is 1. The van der Waals surface area contributed by atoms with Gasteiger partial charge in [-0.3, -0.25) is 10.5 Å². The Morgan fingerprint density at radius 1 is 1.53 bits per heavy atom. The third-order valence-corrected chi connectivity index (χ3v) is 4.68. The predicted molar refractivity (Wildman–Crippen MR) is 82.7 cm³/mol. The van der Waals surface area contributed by atoms with Gasteiger partial charge in [0.05, 0.1) is 22.4 Å². The highest BCUT2D eigenvalue weighted by molar-refractivity contribution is 9.10. The highest BCUT2D eigenvalue weighted by Gasteiger charge is 2.38. The van der Waals surface area contributed by atoms with E-state index in [0.717, 1.165) is 29.6 Å². The predicted octanol–water partition coefficient (Wildman–Crippen LogP) is 2.29. The van der Waals surface area contributed by atoms with Crippen molar-refractivity contribution in [3.63, 3.8) is 0 Å². The topological polar surface area (TPSA) is 59.1 Å². The molecule has 0 aliphatic rings. The monoisotopic (exact) mass is 331 g/mol. The van der Waals surface area contributed by atoms with Crippen molar-refractivity contribution >= 4 is 15.9 Å². The molecule has 1 rings (SSSR count). The fraction of sp³-hybridized carbons (Fsp3) is 0.769. The van der Waals surface area contributed by atoms with Crippen LogP contribution in [0.15, 0.2) is 10.7 Å². The van der Waals surface area contributed by atoms with Gasteiger partial charge in [-0.25, -0.2) is 5.43 Å². The van der Waals surface area contributed by atoms with Crippen LogP contribution < -0.4 is 11.3 Å². The van der Waals surface area contributed by atoms with Gasteiger partial charge in [-0.1, -0.05) is 13.8 Å². The van der Waals surface area contributed by atoms with Crippen LogP contribution in [0.25, 0.3) is 0 Å². The molecule has 6 heteroatoms. The van der Waals surface area contributed by atoms with E-state index in [2.05, 4.69) is 66.2 Å². The minimum absolute atomic E-state index is 0.0101. The third kappa shape index (κ3) is 3.18. The van der Waals surface area contributed by atoms with E-state index in [1.807, 2.05) is 10.9 Å². The number of hydrogen-bond donors (Lipinski definition) is 2. The van der Waals surface area contributed by atoms with E-state index < -0.39 is 0 Å². The van der Waals surface area contributed by atoms with E-state index in [4.69, 9.17) is 5.84 Å². The summed E-state index contributed by atoms with van der Waals surface area (Å²) in [6.07, 6.45) is 3.88. The number of nitrogens with zero attached hydrogens (tertiary/aromatic N) is 3. The molecule has 0 spiro atoms. The Labute approximate surface area is 124 Å². The highest BCUT2D eigenvalue weighted by atomic mass is 79.9. The lowest BCUT2D eigenvalue weighted by atomic mass is 9.86. The van der Waals surface area contributed by atoms with Gasteiger partial charge in [-0.2, -0.15) is 5.10 Å². The molecule has 0 saturated heterocycles. The number of aromatic nitrogens is 2. The Morgan fingerprint density at radius 3 is 2.58 bits per heavy atom. The lowest BCUT2D eigenvalue weighted by Gasteiger charge is -2.42. The third-order valence-electron chi connectivity index (χ3n) is 4.07. The number of halogens is 1. The van der Waals surface area contributed by atoms with Crippen LogP contribution in [0.4, 0.5) is 0 Å². The van der Waals surface area contributed by atoms with Gasteiger partial charge in [0.15, 0.2) is 0 Å². The molecule has 2 atom stereocenters. The number of nitrogens with two attached hydrogens (primary N) is 1. The largest absolute Gasteiger partial charge is 0.302 e. The van der Waals surface area contributed by atoms with Crippen molar-refractivity contribution in [2.24, 2.45) is 5.84 Å². The van der Waals surface area contributed by atoms with Gasteiger partial charge in [-0.15, -0.1) is 0 Å². The van der Waals surface area contributed by atoms with Crippen molar-refractivity contribution in [1.29, 1.82) is 0 Å². The van der Waals surface area contributed by atoms with E-state index in [1.54, 1.807) is 0 Å². The molecule has 0 fully saturated rings. The maximum Gasteiger partial charge on any atom is 0.0820 e. The second-order valence-electron chi connectivity index (χ2n) is 5.31. The molecular formula is C13H26BrN5. The van der Waals surface area contributed by atoms with Crippen LogP contribution in [0.3, 0.4) is 0 Å². The van der Waals surface area contributed by atoms with Crippen LogP contribution in [-0.2, 0) is 6.54 Å². The Bertz CT molecular complexity index is 404. The van der Waals surface area contributed by atoms with E-state index in [1.165, 1.54) is 0 Å². The van der Waals surface area contributed by atoms with Crippen molar-refractivity contribution in [1.82, 2.24) is 20.1 Å². The number of hydrazine groups is 1. The number of nitrogens with one attached hydrogen (secondary N) is 1. The fourth-order valence-corrected chi connectivity index (χ4v) is 2.91. The second-order valence-corrected chi connectivity index (χ2v) is 6.16. The molecule has 19 heavy (non-hydrogen) atoms. The molecule has 1 aromatic heterocycles. The molecule has 1 heterocycles. The summed E-state index contributed by atoms with van der Waals surface area (Å²) in [7, 11) is 4.17. The van der Waals surface area contributed by atoms with Gasteiger partial charge in [0.2, 0.25) is 0 Å². The summed E-state index contributed by atoms with van der Waals surface area (Å²) in [5.41, 5.74) is 4.02. The molecule has 0 saturated carbocycles. The van der Waals surface area contributed by atoms with Gasteiger partial charge in [0.1, 0.15) is 0 Å². The lowest BCUT2D eigenvalue weighted by molar-refractivity contribution is 0.108. The van der Waals surface area contributed by atoms with Crippen LogP contribution in [0.5, 0.6) is 0 Å². The summed E-state index contributed by atoms with van der Waals surface area (Å²) in [5, 5.41) is 4.44. The Morgan fingerprint density at radius 2 is 2.16 bits per heavy atom. The first kappa shape index (κ1) is 16.6. The van der Waals surface area contributed by atoms with Crippen molar-refractivity contribution < 1.29 is 0 Å². The Kier molecular flexibility index (Phi) is 5.98. The lowest BCUT2D eigenvalue weighted by Crippen LogP contribution is -2.53. The molecule has 0 aliphatic carbocycles. The van der Waals surface area contributed by atoms with Gasteiger partial charge >= 0.3 is 0 Å². The zero-order chi connectivity index (χ0) is 14.6. The first-order valence-corrected chi connectivity index (χ1v) is 7.56. The molecule has 0 bridgehead atoms. The van der Waals surface area contributed by atoms with Gasteiger partial charge in [-0.05, 0) is 49.8 Å². The zero-order valence-corrected chi connectivity index (χ0v) is 14.2. The first-order valence-electron chi connectivity index (χ1n) is 6.77. The SMILES string of the molecule is CCCn1ncc(Br)c1C(NN)C(C)(CC)N(C)C. The molecule has 2 unspecified atom stereocenters. The maximum atomic E-state index is 5.86. The van der Waals surface area contributed by atoms with Gasteiger partial charge in [0.25, 0.3) is 0 Å². The summed E-state index contributed by atoms with van der Waals surface area (Å²) < 4.78 is 3.04. The smallest absolute Gasteiger partial charge is 0.0820 e. The standard InChI is InChI=1S/C13H26BrN5/c1-6-8-19-11(10(14)9-16-19)12(17-15)13(3,7-2)18(4)5/h9,12,17H,6-8,15H2,1-5H3. The average molecular weight is 332 g/mol. The van der Waals surface area contributed by atoms with Crippen LogP contribution in [-0.4, -0.2) is 34.3 Å². The molecule has 3 N–H and O–H groups in total. The molecule has 0 aliphatic heterocycles. The van der Waals surface area contributed by atoms with E-state index in [0.29, 0.717) is 0 Å². The van der Waals surface area contributed by atoms with Crippen LogP contribution in [0, 0.1) is 0 Å². The van der Waals surface area contributed by atoms with Crippen LogP contribution >= 0.6 is 15.9 Å². The first-order chi connectivity index (χ1) is 8.92. The average Bonchev–Trinajstić information content (AvgIpc) is 2.72. The minimum atomic E-state index is -0.0806. The summed E-state index contributed by atoms with van der Waals surface area (Å²) in [4.78, 5) is 2.22. The molecule has 0 amide bonds. The normalized spacial score (nSPS) is 16.6.